The summed E-state index contributed by atoms with van der Waals surface area (Å²) in [5, 5.41) is 8.67. The Balaban J connectivity index is 2.56. The van der Waals surface area contributed by atoms with Crippen molar-refractivity contribution >= 4 is 11.9 Å². The fraction of sp³-hybridized carbons (Fsp3) is 0.500. The van der Waals surface area contributed by atoms with Gasteiger partial charge in [-0.25, -0.2) is 14.8 Å². The number of carboxylic acid groups (broad SMARTS) is 1. The average molecular weight is 225 g/mol. The highest BCUT2D eigenvalue weighted by atomic mass is 16.5. The van der Waals surface area contributed by atoms with Crippen molar-refractivity contribution < 1.29 is 14.6 Å². The van der Waals surface area contributed by atoms with Crippen LogP contribution in [0.1, 0.15) is 17.3 Å². The van der Waals surface area contributed by atoms with Crippen LogP contribution < -0.4 is 4.90 Å². The first-order valence-electron chi connectivity index (χ1n) is 4.99. The smallest absolute Gasteiger partial charge is 0.338 e. The monoisotopic (exact) mass is 225 g/mol. The van der Waals surface area contributed by atoms with Crippen LogP contribution in [0.3, 0.4) is 0 Å². The van der Waals surface area contributed by atoms with Crippen LogP contribution in [0.4, 0.5) is 5.95 Å². The Bertz CT molecular complexity index is 340. The quantitative estimate of drug-likeness (QED) is 0.716. The summed E-state index contributed by atoms with van der Waals surface area (Å²) in [4.78, 5) is 20.3. The van der Waals surface area contributed by atoms with Gasteiger partial charge in [0.15, 0.2) is 0 Å². The molecule has 1 N–H and O–H groups in total. The van der Waals surface area contributed by atoms with Gasteiger partial charge in [0.25, 0.3) is 0 Å². The van der Waals surface area contributed by atoms with Crippen LogP contribution in [-0.4, -0.2) is 47.8 Å². The molecule has 0 aromatic carbocycles. The van der Waals surface area contributed by atoms with Crippen LogP contribution in [0.25, 0.3) is 0 Å². The van der Waals surface area contributed by atoms with Crippen molar-refractivity contribution in [2.75, 3.05) is 31.7 Å². The normalized spacial score (nSPS) is 10.1. The second kappa shape index (κ2) is 6.02. The molecule has 1 heterocycles. The number of carbonyl (C=O) groups is 1. The van der Waals surface area contributed by atoms with Crippen LogP contribution in [-0.2, 0) is 4.74 Å². The number of aromatic carboxylic acids is 1. The highest BCUT2D eigenvalue weighted by Gasteiger charge is 2.07. The van der Waals surface area contributed by atoms with E-state index in [-0.39, 0.29) is 5.56 Å². The molecule has 0 radical (unpaired) electrons. The molecule has 6 nitrogen and oxygen atoms in total. The molecule has 0 atom stereocenters. The van der Waals surface area contributed by atoms with Crippen LogP contribution >= 0.6 is 0 Å². The van der Waals surface area contributed by atoms with Gasteiger partial charge >= 0.3 is 5.97 Å². The van der Waals surface area contributed by atoms with E-state index in [9.17, 15) is 4.79 Å². The van der Waals surface area contributed by atoms with E-state index in [2.05, 4.69) is 9.97 Å². The summed E-state index contributed by atoms with van der Waals surface area (Å²) < 4.78 is 5.20. The summed E-state index contributed by atoms with van der Waals surface area (Å²) in [6.45, 7) is 3.86. The molecular formula is C10H15N3O3. The maximum absolute atomic E-state index is 10.6. The van der Waals surface area contributed by atoms with Crippen LogP contribution in [0.2, 0.25) is 0 Å². The van der Waals surface area contributed by atoms with E-state index < -0.39 is 5.97 Å². The summed E-state index contributed by atoms with van der Waals surface area (Å²) in [6, 6.07) is 0. The molecule has 0 saturated carbocycles. The van der Waals surface area contributed by atoms with Crippen molar-refractivity contribution in [1.29, 1.82) is 0 Å². The molecule has 0 amide bonds. The van der Waals surface area contributed by atoms with Crippen molar-refractivity contribution in [3.05, 3.63) is 18.0 Å². The molecule has 6 heteroatoms. The number of anilines is 1. The van der Waals surface area contributed by atoms with Gasteiger partial charge in [0.1, 0.15) is 0 Å². The zero-order valence-electron chi connectivity index (χ0n) is 9.38. The Morgan fingerprint density at radius 3 is 2.62 bits per heavy atom. The Morgan fingerprint density at radius 2 is 2.12 bits per heavy atom. The molecule has 0 saturated heterocycles. The minimum absolute atomic E-state index is 0.0851. The van der Waals surface area contributed by atoms with E-state index in [0.29, 0.717) is 25.7 Å². The maximum atomic E-state index is 10.6. The van der Waals surface area contributed by atoms with Crippen molar-refractivity contribution in [3.8, 4) is 0 Å². The molecule has 0 fully saturated rings. The maximum Gasteiger partial charge on any atom is 0.338 e. The van der Waals surface area contributed by atoms with Crippen LogP contribution in [0, 0.1) is 0 Å². The number of nitrogens with zero attached hydrogens (tertiary/aromatic N) is 3. The third-order valence-corrected chi connectivity index (χ3v) is 2.00. The van der Waals surface area contributed by atoms with Gasteiger partial charge in [0, 0.05) is 32.6 Å². The van der Waals surface area contributed by atoms with Crippen molar-refractivity contribution in [3.63, 3.8) is 0 Å². The number of likely N-dealkylation sites (N-methyl/N-ethyl adjacent to an activating group) is 1. The summed E-state index contributed by atoms with van der Waals surface area (Å²) in [5.41, 5.74) is 0.0851. The van der Waals surface area contributed by atoms with Crippen molar-refractivity contribution in [1.82, 2.24) is 9.97 Å². The average Bonchev–Trinajstić information content (AvgIpc) is 2.29. The van der Waals surface area contributed by atoms with E-state index >= 15 is 0 Å². The Kier molecular flexibility index (Phi) is 4.65. The highest BCUT2D eigenvalue weighted by Crippen LogP contribution is 2.04. The van der Waals surface area contributed by atoms with E-state index in [1.165, 1.54) is 12.4 Å². The van der Waals surface area contributed by atoms with E-state index in [1.807, 2.05) is 14.0 Å². The lowest BCUT2D eigenvalue weighted by molar-refractivity contribution is 0.0696. The lowest BCUT2D eigenvalue weighted by Crippen LogP contribution is -2.24. The summed E-state index contributed by atoms with van der Waals surface area (Å²) in [5.74, 6) is -0.534. The lowest BCUT2D eigenvalue weighted by Gasteiger charge is -2.16. The zero-order valence-corrected chi connectivity index (χ0v) is 9.38. The Morgan fingerprint density at radius 1 is 1.50 bits per heavy atom. The molecule has 0 aliphatic heterocycles. The number of rotatable bonds is 6. The standard InChI is InChI=1S/C10H15N3O3/c1-3-16-5-4-13(2)10-11-6-8(7-12-10)9(14)15/h6-7H,3-5H2,1-2H3,(H,14,15). The van der Waals surface area contributed by atoms with Gasteiger partial charge in [-0.3, -0.25) is 0 Å². The zero-order chi connectivity index (χ0) is 12.0. The fourth-order valence-corrected chi connectivity index (χ4v) is 1.07. The molecule has 16 heavy (non-hydrogen) atoms. The minimum atomic E-state index is -1.02. The first-order valence-corrected chi connectivity index (χ1v) is 4.99. The van der Waals surface area contributed by atoms with Gasteiger partial charge in [0.05, 0.1) is 12.2 Å². The topological polar surface area (TPSA) is 75.5 Å². The summed E-state index contributed by atoms with van der Waals surface area (Å²) >= 11 is 0. The first-order chi connectivity index (χ1) is 7.65. The minimum Gasteiger partial charge on any atom is -0.478 e. The van der Waals surface area contributed by atoms with Gasteiger partial charge in [-0.1, -0.05) is 0 Å². The summed E-state index contributed by atoms with van der Waals surface area (Å²) in [7, 11) is 1.83. The second-order valence-electron chi connectivity index (χ2n) is 3.20. The van der Waals surface area contributed by atoms with E-state index in [1.54, 1.807) is 4.90 Å². The second-order valence-corrected chi connectivity index (χ2v) is 3.20. The van der Waals surface area contributed by atoms with Gasteiger partial charge in [-0.05, 0) is 6.92 Å². The fourth-order valence-electron chi connectivity index (χ4n) is 1.07. The van der Waals surface area contributed by atoms with Crippen molar-refractivity contribution in [2.24, 2.45) is 0 Å². The SMILES string of the molecule is CCOCCN(C)c1ncc(C(=O)O)cn1. The molecule has 0 unspecified atom stereocenters. The Labute approximate surface area is 93.9 Å². The Hall–Kier alpha value is -1.69. The number of hydrogen-bond acceptors (Lipinski definition) is 5. The molecule has 0 spiro atoms. The van der Waals surface area contributed by atoms with Gasteiger partial charge < -0.3 is 14.7 Å². The number of ether oxygens (including phenoxy) is 1. The molecule has 1 aromatic rings. The molecule has 0 aliphatic carbocycles. The van der Waals surface area contributed by atoms with Gasteiger partial charge in [-0.15, -0.1) is 0 Å². The molecular weight excluding hydrogens is 210 g/mol. The van der Waals surface area contributed by atoms with Crippen molar-refractivity contribution in [2.45, 2.75) is 6.92 Å². The van der Waals surface area contributed by atoms with E-state index in [0.717, 1.165) is 0 Å². The predicted octanol–water partition coefficient (Wildman–Crippen LogP) is 0.647. The largest absolute Gasteiger partial charge is 0.478 e. The van der Waals surface area contributed by atoms with Gasteiger partial charge in [0.2, 0.25) is 5.95 Å². The third kappa shape index (κ3) is 3.47. The molecule has 88 valence electrons. The number of hydrogen-bond donors (Lipinski definition) is 1. The molecule has 0 aliphatic rings. The van der Waals surface area contributed by atoms with E-state index in [4.69, 9.17) is 9.84 Å². The molecule has 1 rings (SSSR count). The highest BCUT2D eigenvalue weighted by molar-refractivity contribution is 5.86. The van der Waals surface area contributed by atoms with Gasteiger partial charge in [-0.2, -0.15) is 0 Å². The lowest BCUT2D eigenvalue weighted by atomic mass is 10.3. The number of carboxylic acids is 1. The molecule has 0 bridgehead atoms. The molecule has 1 aromatic heterocycles. The predicted molar refractivity (Wildman–Crippen MR) is 58.8 cm³/mol. The first kappa shape index (κ1) is 12.4. The third-order valence-electron chi connectivity index (χ3n) is 2.00. The number of aromatic nitrogens is 2. The van der Waals surface area contributed by atoms with Crippen LogP contribution in [0.15, 0.2) is 12.4 Å². The summed E-state index contributed by atoms with van der Waals surface area (Å²) in [6.07, 6.45) is 2.59. The van der Waals surface area contributed by atoms with Crippen LogP contribution in [0.5, 0.6) is 0 Å².